The Labute approximate surface area is 92.2 Å². The Hall–Kier alpha value is -0.610. The SMILES string of the molecule is NCCNC(=O)CCN1CCCCCC1. The Morgan fingerprint density at radius 1 is 1.20 bits per heavy atom. The molecule has 1 aliphatic rings. The number of nitrogens with one attached hydrogen (secondary N) is 1. The number of likely N-dealkylation sites (tertiary alicyclic amines) is 1. The Morgan fingerprint density at radius 2 is 1.87 bits per heavy atom. The maximum atomic E-state index is 11.3. The van der Waals surface area contributed by atoms with Crippen molar-refractivity contribution in [2.75, 3.05) is 32.7 Å². The van der Waals surface area contributed by atoms with E-state index in [9.17, 15) is 4.79 Å². The lowest BCUT2D eigenvalue weighted by molar-refractivity contribution is -0.121. The van der Waals surface area contributed by atoms with Gasteiger partial charge < -0.3 is 16.0 Å². The molecule has 0 aliphatic carbocycles. The van der Waals surface area contributed by atoms with Crippen molar-refractivity contribution in [3.05, 3.63) is 0 Å². The van der Waals surface area contributed by atoms with Crippen LogP contribution in [0, 0.1) is 0 Å². The van der Waals surface area contributed by atoms with Gasteiger partial charge in [-0.3, -0.25) is 4.79 Å². The van der Waals surface area contributed by atoms with Gasteiger partial charge in [-0.1, -0.05) is 12.8 Å². The quantitative estimate of drug-likeness (QED) is 0.692. The van der Waals surface area contributed by atoms with Crippen molar-refractivity contribution in [3.8, 4) is 0 Å². The maximum absolute atomic E-state index is 11.3. The zero-order valence-corrected chi connectivity index (χ0v) is 9.50. The molecule has 1 aliphatic heterocycles. The molecule has 0 spiro atoms. The number of carbonyl (C=O) groups is 1. The van der Waals surface area contributed by atoms with Gasteiger partial charge in [-0.15, -0.1) is 0 Å². The number of carbonyl (C=O) groups excluding carboxylic acids is 1. The zero-order chi connectivity index (χ0) is 10.9. The van der Waals surface area contributed by atoms with E-state index in [2.05, 4.69) is 10.2 Å². The summed E-state index contributed by atoms with van der Waals surface area (Å²) < 4.78 is 0. The van der Waals surface area contributed by atoms with Crippen LogP contribution < -0.4 is 11.1 Å². The third kappa shape index (κ3) is 5.74. The summed E-state index contributed by atoms with van der Waals surface area (Å²) in [7, 11) is 0. The fourth-order valence-electron chi connectivity index (χ4n) is 1.92. The summed E-state index contributed by atoms with van der Waals surface area (Å²) in [6.45, 7) is 4.33. The van der Waals surface area contributed by atoms with Crippen LogP contribution in [0.25, 0.3) is 0 Å². The summed E-state index contributed by atoms with van der Waals surface area (Å²) in [6, 6.07) is 0. The predicted molar refractivity (Wildman–Crippen MR) is 61.6 cm³/mol. The smallest absolute Gasteiger partial charge is 0.221 e. The van der Waals surface area contributed by atoms with Crippen LogP contribution in [-0.2, 0) is 4.79 Å². The van der Waals surface area contributed by atoms with Crippen LogP contribution in [0.3, 0.4) is 0 Å². The van der Waals surface area contributed by atoms with E-state index in [0.717, 1.165) is 19.6 Å². The van der Waals surface area contributed by atoms with E-state index in [-0.39, 0.29) is 5.91 Å². The van der Waals surface area contributed by atoms with Gasteiger partial charge >= 0.3 is 0 Å². The fourth-order valence-corrected chi connectivity index (χ4v) is 1.92. The number of amides is 1. The first-order chi connectivity index (χ1) is 7.33. The van der Waals surface area contributed by atoms with E-state index in [1.807, 2.05) is 0 Å². The number of rotatable bonds is 5. The first-order valence-electron chi connectivity index (χ1n) is 6.02. The summed E-state index contributed by atoms with van der Waals surface area (Å²) in [5.41, 5.74) is 5.31. The minimum atomic E-state index is 0.129. The Kier molecular flexibility index (Phi) is 6.36. The van der Waals surface area contributed by atoms with E-state index in [1.165, 1.54) is 25.7 Å². The van der Waals surface area contributed by atoms with Crippen molar-refractivity contribution in [1.82, 2.24) is 10.2 Å². The molecule has 4 heteroatoms. The second kappa shape index (κ2) is 7.65. The number of hydrogen-bond donors (Lipinski definition) is 2. The molecule has 1 rings (SSSR count). The van der Waals surface area contributed by atoms with E-state index in [1.54, 1.807) is 0 Å². The van der Waals surface area contributed by atoms with Crippen molar-refractivity contribution >= 4 is 5.91 Å². The largest absolute Gasteiger partial charge is 0.355 e. The molecule has 0 aromatic carbocycles. The minimum Gasteiger partial charge on any atom is -0.355 e. The molecule has 0 bridgehead atoms. The van der Waals surface area contributed by atoms with Crippen molar-refractivity contribution < 1.29 is 4.79 Å². The molecule has 88 valence electrons. The van der Waals surface area contributed by atoms with Gasteiger partial charge in [0.25, 0.3) is 0 Å². The first-order valence-corrected chi connectivity index (χ1v) is 6.02. The van der Waals surface area contributed by atoms with Crippen LogP contribution in [0.15, 0.2) is 0 Å². The molecule has 0 atom stereocenters. The molecule has 1 fully saturated rings. The fraction of sp³-hybridized carbons (Fsp3) is 0.909. The molecule has 0 aromatic rings. The Balaban J connectivity index is 2.09. The number of nitrogens with zero attached hydrogens (tertiary/aromatic N) is 1. The molecule has 1 saturated heterocycles. The average molecular weight is 213 g/mol. The summed E-state index contributed by atoms with van der Waals surface area (Å²) in [6.07, 6.45) is 5.86. The van der Waals surface area contributed by atoms with Crippen molar-refractivity contribution in [2.24, 2.45) is 5.73 Å². The third-order valence-corrected chi connectivity index (χ3v) is 2.82. The molecule has 0 unspecified atom stereocenters. The molecule has 0 aromatic heterocycles. The van der Waals surface area contributed by atoms with Crippen LogP contribution in [-0.4, -0.2) is 43.5 Å². The molecule has 3 N–H and O–H groups in total. The normalized spacial score (nSPS) is 18.5. The zero-order valence-electron chi connectivity index (χ0n) is 9.50. The second-order valence-electron chi connectivity index (χ2n) is 4.14. The third-order valence-electron chi connectivity index (χ3n) is 2.82. The Morgan fingerprint density at radius 3 is 2.47 bits per heavy atom. The standard InChI is InChI=1S/C11H23N3O/c12-6-7-13-11(15)5-10-14-8-3-1-2-4-9-14/h1-10,12H2,(H,13,15). The molecular formula is C11H23N3O. The minimum absolute atomic E-state index is 0.129. The number of nitrogens with two attached hydrogens (primary N) is 1. The molecule has 0 saturated carbocycles. The van der Waals surface area contributed by atoms with E-state index < -0.39 is 0 Å². The number of hydrogen-bond acceptors (Lipinski definition) is 3. The monoisotopic (exact) mass is 213 g/mol. The van der Waals surface area contributed by atoms with Crippen LogP contribution in [0.5, 0.6) is 0 Å². The molecule has 0 radical (unpaired) electrons. The lowest BCUT2D eigenvalue weighted by Gasteiger charge is -2.19. The van der Waals surface area contributed by atoms with Gasteiger partial charge in [-0.2, -0.15) is 0 Å². The van der Waals surface area contributed by atoms with Crippen LogP contribution >= 0.6 is 0 Å². The summed E-state index contributed by atoms with van der Waals surface area (Å²) in [5, 5.41) is 2.80. The average Bonchev–Trinajstić information content (AvgIpc) is 2.51. The summed E-state index contributed by atoms with van der Waals surface area (Å²) in [4.78, 5) is 13.7. The highest BCUT2D eigenvalue weighted by atomic mass is 16.1. The van der Waals surface area contributed by atoms with Gasteiger partial charge in [0.05, 0.1) is 0 Å². The van der Waals surface area contributed by atoms with Gasteiger partial charge in [0.15, 0.2) is 0 Å². The predicted octanol–water partition coefficient (Wildman–Crippen LogP) is 0.327. The maximum Gasteiger partial charge on any atom is 0.221 e. The summed E-state index contributed by atoms with van der Waals surface area (Å²) >= 11 is 0. The van der Waals surface area contributed by atoms with Crippen molar-refractivity contribution in [2.45, 2.75) is 32.1 Å². The Bertz CT molecular complexity index is 177. The lowest BCUT2D eigenvalue weighted by atomic mass is 10.2. The van der Waals surface area contributed by atoms with Gasteiger partial charge in [0.1, 0.15) is 0 Å². The molecule has 1 amide bonds. The van der Waals surface area contributed by atoms with E-state index in [0.29, 0.717) is 19.5 Å². The molecule has 1 heterocycles. The van der Waals surface area contributed by atoms with Crippen LogP contribution in [0.2, 0.25) is 0 Å². The molecular weight excluding hydrogens is 190 g/mol. The summed E-state index contributed by atoms with van der Waals surface area (Å²) in [5.74, 6) is 0.129. The van der Waals surface area contributed by atoms with E-state index in [4.69, 9.17) is 5.73 Å². The van der Waals surface area contributed by atoms with Gasteiger partial charge in [0.2, 0.25) is 5.91 Å². The molecule has 15 heavy (non-hydrogen) atoms. The van der Waals surface area contributed by atoms with Crippen molar-refractivity contribution in [3.63, 3.8) is 0 Å². The second-order valence-corrected chi connectivity index (χ2v) is 4.14. The van der Waals surface area contributed by atoms with Crippen LogP contribution in [0.1, 0.15) is 32.1 Å². The topological polar surface area (TPSA) is 58.4 Å². The first kappa shape index (κ1) is 12.5. The van der Waals surface area contributed by atoms with Crippen molar-refractivity contribution in [1.29, 1.82) is 0 Å². The van der Waals surface area contributed by atoms with Gasteiger partial charge in [-0.05, 0) is 25.9 Å². The highest BCUT2D eigenvalue weighted by Crippen LogP contribution is 2.09. The van der Waals surface area contributed by atoms with Gasteiger partial charge in [0, 0.05) is 26.1 Å². The lowest BCUT2D eigenvalue weighted by Crippen LogP contribution is -2.33. The molecule has 4 nitrogen and oxygen atoms in total. The van der Waals surface area contributed by atoms with E-state index >= 15 is 0 Å². The highest BCUT2D eigenvalue weighted by molar-refractivity contribution is 5.76. The highest BCUT2D eigenvalue weighted by Gasteiger charge is 2.10. The van der Waals surface area contributed by atoms with Crippen LogP contribution in [0.4, 0.5) is 0 Å². The van der Waals surface area contributed by atoms with Gasteiger partial charge in [-0.25, -0.2) is 0 Å².